The number of nitrogens with zero attached hydrogens (tertiary/aromatic N) is 2. The van der Waals surface area contributed by atoms with E-state index in [1.807, 2.05) is 13.8 Å². The second-order valence-corrected chi connectivity index (χ2v) is 11.0. The maximum absolute atomic E-state index is 12.9. The summed E-state index contributed by atoms with van der Waals surface area (Å²) in [4.78, 5) is 0.196. The van der Waals surface area contributed by atoms with Gasteiger partial charge in [0.1, 0.15) is 0 Å². The van der Waals surface area contributed by atoms with Gasteiger partial charge >= 0.3 is 0 Å². The van der Waals surface area contributed by atoms with Crippen molar-refractivity contribution in [1.82, 2.24) is 0 Å². The average molecular weight is 493 g/mol. The van der Waals surface area contributed by atoms with Crippen LogP contribution in [0.4, 0.5) is 0 Å². The van der Waals surface area contributed by atoms with E-state index in [1.54, 1.807) is 72.8 Å². The molecule has 4 rings (SSSR count). The van der Waals surface area contributed by atoms with Crippen LogP contribution in [0.25, 0.3) is 0 Å². The van der Waals surface area contributed by atoms with Crippen LogP contribution < -0.4 is 0 Å². The molecule has 0 saturated heterocycles. The van der Waals surface area contributed by atoms with Gasteiger partial charge in [-0.15, -0.1) is 0 Å². The van der Waals surface area contributed by atoms with Crippen LogP contribution in [0.2, 0.25) is 0 Å². The third-order valence-corrected chi connectivity index (χ3v) is 8.18. The Morgan fingerprint density at radius 1 is 0.559 bits per heavy atom. The molecule has 0 unspecified atom stereocenters. The molecule has 0 saturated carbocycles. The van der Waals surface area contributed by atoms with Crippen molar-refractivity contribution in [2.45, 2.75) is 36.5 Å². The summed E-state index contributed by atoms with van der Waals surface area (Å²) in [6, 6.07) is 20.1. The maximum Gasteiger partial charge on any atom is 0.282 e. The van der Waals surface area contributed by atoms with Gasteiger partial charge in [-0.25, -0.2) is 0 Å². The van der Waals surface area contributed by atoms with E-state index in [9.17, 15) is 16.8 Å². The molecule has 6 nitrogen and oxygen atoms in total. The van der Waals surface area contributed by atoms with Crippen molar-refractivity contribution < 1.29 is 16.8 Å². The van der Waals surface area contributed by atoms with E-state index in [-0.39, 0.29) is 21.2 Å². The van der Waals surface area contributed by atoms with E-state index >= 15 is 0 Å². The number of allylic oxidation sites excluding steroid dienone is 2. The number of aryl methyl sites for hydroxylation is 2. The van der Waals surface area contributed by atoms with Gasteiger partial charge in [0.25, 0.3) is 20.0 Å². The van der Waals surface area contributed by atoms with Crippen molar-refractivity contribution in [3.05, 3.63) is 107 Å². The Hall–Kier alpha value is -3.36. The fraction of sp³-hybridized carbons (Fsp3) is 0.154. The number of hydrogen-bond acceptors (Lipinski definition) is 4. The molecule has 3 aromatic rings. The van der Waals surface area contributed by atoms with E-state index < -0.39 is 20.0 Å². The van der Waals surface area contributed by atoms with Crippen LogP contribution >= 0.6 is 0 Å². The summed E-state index contributed by atoms with van der Waals surface area (Å²) in [6.45, 7) is 3.99. The summed E-state index contributed by atoms with van der Waals surface area (Å²) in [5.41, 5.74) is 3.49. The Bertz CT molecular complexity index is 1400. The first-order valence-electron chi connectivity index (χ1n) is 10.9. The van der Waals surface area contributed by atoms with Gasteiger partial charge in [0.2, 0.25) is 0 Å². The minimum absolute atomic E-state index is 0.0978. The first-order valence-corrected chi connectivity index (χ1v) is 13.8. The fourth-order valence-corrected chi connectivity index (χ4v) is 5.59. The van der Waals surface area contributed by atoms with Gasteiger partial charge in [0.05, 0.1) is 21.2 Å². The summed E-state index contributed by atoms with van der Waals surface area (Å²) in [5.74, 6) is 0. The normalized spacial score (nSPS) is 16.1. The van der Waals surface area contributed by atoms with Crippen LogP contribution in [0.5, 0.6) is 0 Å². The topological polar surface area (TPSA) is 93.0 Å². The van der Waals surface area contributed by atoms with E-state index in [0.717, 1.165) is 24.0 Å². The van der Waals surface area contributed by atoms with Crippen LogP contribution in [0.3, 0.4) is 0 Å². The molecule has 0 amide bonds. The molecule has 1 aliphatic rings. The quantitative estimate of drug-likeness (QED) is 0.497. The molecule has 0 atom stereocenters. The van der Waals surface area contributed by atoms with Crippen molar-refractivity contribution >= 4 is 31.5 Å². The lowest BCUT2D eigenvalue weighted by Crippen LogP contribution is -2.16. The first-order chi connectivity index (χ1) is 16.2. The van der Waals surface area contributed by atoms with Gasteiger partial charge in [0, 0.05) is 11.1 Å². The van der Waals surface area contributed by atoms with Gasteiger partial charge in [-0.05, 0) is 60.4 Å². The van der Waals surface area contributed by atoms with Gasteiger partial charge in [-0.1, -0.05) is 62.4 Å². The average Bonchev–Trinajstić information content (AvgIpc) is 2.85. The predicted octanol–water partition coefficient (Wildman–Crippen LogP) is 4.74. The zero-order valence-corrected chi connectivity index (χ0v) is 20.5. The molecule has 174 valence electrons. The Kier molecular flexibility index (Phi) is 6.63. The molecule has 34 heavy (non-hydrogen) atoms. The fourth-order valence-electron chi connectivity index (χ4n) is 3.59. The first kappa shape index (κ1) is 23.8. The van der Waals surface area contributed by atoms with Gasteiger partial charge in [-0.3, -0.25) is 0 Å². The van der Waals surface area contributed by atoms with Crippen LogP contribution in [0, 0.1) is 0 Å². The molecule has 0 radical (unpaired) electrons. The van der Waals surface area contributed by atoms with Crippen LogP contribution in [-0.4, -0.2) is 28.3 Å². The molecule has 3 aromatic carbocycles. The molecule has 0 bridgehead atoms. The highest BCUT2D eigenvalue weighted by molar-refractivity contribution is 7.90. The van der Waals surface area contributed by atoms with Crippen LogP contribution in [-0.2, 0) is 32.9 Å². The van der Waals surface area contributed by atoms with Crippen LogP contribution in [0.1, 0.15) is 36.1 Å². The monoisotopic (exact) mass is 492 g/mol. The number of benzene rings is 3. The summed E-state index contributed by atoms with van der Waals surface area (Å²) < 4.78 is 59.7. The zero-order chi connectivity index (χ0) is 24.3. The predicted molar refractivity (Wildman–Crippen MR) is 135 cm³/mol. The lowest BCUT2D eigenvalue weighted by molar-refractivity contribution is 0.596. The van der Waals surface area contributed by atoms with Gasteiger partial charge in [0.15, 0.2) is 0 Å². The number of fused-ring (bicyclic) bond motifs is 1. The highest BCUT2D eigenvalue weighted by Gasteiger charge is 2.22. The van der Waals surface area contributed by atoms with Crippen molar-refractivity contribution in [2.24, 2.45) is 8.80 Å². The molecular weight excluding hydrogens is 468 g/mol. The Balaban J connectivity index is 1.74. The lowest BCUT2D eigenvalue weighted by Gasteiger charge is -2.15. The molecule has 0 aromatic heterocycles. The van der Waals surface area contributed by atoms with E-state index in [2.05, 4.69) is 8.80 Å². The number of rotatable bonds is 6. The van der Waals surface area contributed by atoms with E-state index in [4.69, 9.17) is 0 Å². The molecule has 0 N–H and O–H groups in total. The number of sulfonamides is 2. The summed E-state index contributed by atoms with van der Waals surface area (Å²) in [7, 11) is -7.90. The molecule has 0 spiro atoms. The second-order valence-electron chi connectivity index (χ2n) is 7.78. The largest absolute Gasteiger partial charge is 0.282 e. The minimum Gasteiger partial charge on any atom is -0.199 e. The molecule has 0 heterocycles. The third-order valence-electron chi connectivity index (χ3n) is 5.57. The minimum atomic E-state index is -3.95. The van der Waals surface area contributed by atoms with E-state index in [1.165, 1.54) is 12.2 Å². The van der Waals surface area contributed by atoms with Gasteiger partial charge in [-0.2, -0.15) is 25.6 Å². The second kappa shape index (κ2) is 9.48. The van der Waals surface area contributed by atoms with Crippen molar-refractivity contribution in [3.8, 4) is 0 Å². The highest BCUT2D eigenvalue weighted by atomic mass is 32.2. The molecule has 1 aliphatic carbocycles. The lowest BCUT2D eigenvalue weighted by atomic mass is 9.94. The molecular formula is C26H24N2O4S2. The van der Waals surface area contributed by atoms with Gasteiger partial charge < -0.3 is 0 Å². The van der Waals surface area contributed by atoms with Crippen molar-refractivity contribution in [3.63, 3.8) is 0 Å². The highest BCUT2D eigenvalue weighted by Crippen LogP contribution is 2.23. The van der Waals surface area contributed by atoms with Crippen LogP contribution in [0.15, 0.2) is 104 Å². The van der Waals surface area contributed by atoms with E-state index in [0.29, 0.717) is 11.1 Å². The Labute approximate surface area is 200 Å². The molecule has 0 aliphatic heterocycles. The summed E-state index contributed by atoms with van der Waals surface area (Å²) in [6.07, 6.45) is 4.57. The smallest absolute Gasteiger partial charge is 0.199 e. The Morgan fingerprint density at radius 2 is 0.912 bits per heavy atom. The number of hydrogen-bond donors (Lipinski definition) is 0. The standard InChI is InChI=1S/C26H24N2O4S2/c1-3-19-9-13-21(14-10-19)33(29,30)27-25-17-18-26(24-8-6-5-7-23(24)25)28-34(31,32)22-15-11-20(4-2)12-16-22/h5-18H,3-4H2,1-2H3/b27-25+,28-26+. The van der Waals surface area contributed by atoms with Crippen molar-refractivity contribution in [1.29, 1.82) is 0 Å². The Morgan fingerprint density at radius 3 is 1.24 bits per heavy atom. The molecule has 0 fully saturated rings. The maximum atomic E-state index is 12.9. The zero-order valence-electron chi connectivity index (χ0n) is 18.8. The molecule has 8 heteroatoms. The van der Waals surface area contributed by atoms with Crippen molar-refractivity contribution in [2.75, 3.05) is 0 Å². The summed E-state index contributed by atoms with van der Waals surface area (Å²) in [5, 5.41) is 0. The SMILES string of the molecule is CCc1ccc(S(=O)(=O)/N=C2C=C/C(=N\S(=O)(=O)c3ccc(CC)cc3)c3ccccc3\2)cc1. The third kappa shape index (κ3) is 4.93. The summed E-state index contributed by atoms with van der Waals surface area (Å²) >= 11 is 0.